The van der Waals surface area contributed by atoms with Crippen LogP contribution in [0.25, 0.3) is 0 Å². The summed E-state index contributed by atoms with van der Waals surface area (Å²) in [5, 5.41) is 0. The summed E-state index contributed by atoms with van der Waals surface area (Å²) in [4.78, 5) is 37.9. The Kier molecular flexibility index (Phi) is 45.9. The number of carbonyl (C=O) groups excluding carboxylic acids is 3. The van der Waals surface area contributed by atoms with E-state index in [4.69, 9.17) is 14.2 Å². The first-order chi connectivity index (χ1) is 29.0. The predicted octanol–water partition coefficient (Wildman–Crippen LogP) is 16.3. The van der Waals surface area contributed by atoms with Crippen molar-refractivity contribution in [3.63, 3.8) is 0 Å². The first-order valence-electron chi connectivity index (χ1n) is 25.2. The van der Waals surface area contributed by atoms with E-state index >= 15 is 0 Å². The van der Waals surface area contributed by atoms with Gasteiger partial charge in [0, 0.05) is 19.3 Å². The van der Waals surface area contributed by atoms with Crippen LogP contribution in [-0.2, 0) is 28.6 Å². The van der Waals surface area contributed by atoms with Crippen LogP contribution >= 0.6 is 0 Å². The number of hydrogen-bond donors (Lipinski definition) is 0. The zero-order chi connectivity index (χ0) is 43.0. The predicted molar refractivity (Wildman–Crippen MR) is 252 cm³/mol. The molecule has 0 heterocycles. The van der Waals surface area contributed by atoms with Gasteiger partial charge in [-0.1, -0.05) is 217 Å². The molecule has 6 nitrogen and oxygen atoms in total. The molecule has 0 aliphatic heterocycles. The molecule has 0 fully saturated rings. The molecule has 0 saturated heterocycles. The van der Waals surface area contributed by atoms with Crippen molar-refractivity contribution in [1.82, 2.24) is 0 Å². The molecule has 0 amide bonds. The van der Waals surface area contributed by atoms with Crippen molar-refractivity contribution in [1.29, 1.82) is 0 Å². The van der Waals surface area contributed by atoms with E-state index in [0.717, 1.165) is 83.5 Å². The first kappa shape index (κ1) is 56.4. The molecule has 0 rings (SSSR count). The molecule has 1 unspecified atom stereocenters. The van der Waals surface area contributed by atoms with E-state index < -0.39 is 6.10 Å². The molecule has 0 aliphatic rings. The Morgan fingerprint density at radius 2 is 0.678 bits per heavy atom. The third-order valence-corrected chi connectivity index (χ3v) is 10.9. The summed E-state index contributed by atoms with van der Waals surface area (Å²) in [7, 11) is 0. The van der Waals surface area contributed by atoms with E-state index in [-0.39, 0.29) is 31.1 Å². The highest BCUT2D eigenvalue weighted by molar-refractivity contribution is 5.71. The summed E-state index contributed by atoms with van der Waals surface area (Å²) in [5.74, 6) is -0.904. The number of allylic oxidation sites excluding steroid dienone is 8. The van der Waals surface area contributed by atoms with Crippen molar-refractivity contribution >= 4 is 17.9 Å². The molecular formula is C53H94O6. The molecule has 0 spiro atoms. The highest BCUT2D eigenvalue weighted by Crippen LogP contribution is 2.15. The molecule has 0 aromatic rings. The van der Waals surface area contributed by atoms with Crippen LogP contribution in [0.1, 0.15) is 252 Å². The van der Waals surface area contributed by atoms with Gasteiger partial charge in [-0.25, -0.2) is 0 Å². The van der Waals surface area contributed by atoms with Gasteiger partial charge < -0.3 is 14.2 Å². The number of rotatable bonds is 45. The van der Waals surface area contributed by atoms with Crippen molar-refractivity contribution < 1.29 is 28.6 Å². The fraction of sp³-hybridized carbons (Fsp3) is 0.792. The Morgan fingerprint density at radius 3 is 1.08 bits per heavy atom. The minimum Gasteiger partial charge on any atom is -0.462 e. The summed E-state index contributed by atoms with van der Waals surface area (Å²) < 4.78 is 16.8. The lowest BCUT2D eigenvalue weighted by Gasteiger charge is -2.18. The van der Waals surface area contributed by atoms with Crippen LogP contribution in [-0.4, -0.2) is 37.2 Å². The average Bonchev–Trinajstić information content (AvgIpc) is 3.23. The van der Waals surface area contributed by atoms with Gasteiger partial charge in [0.15, 0.2) is 6.10 Å². The third-order valence-electron chi connectivity index (χ3n) is 10.9. The molecule has 0 radical (unpaired) electrons. The van der Waals surface area contributed by atoms with Gasteiger partial charge in [0.2, 0.25) is 0 Å². The van der Waals surface area contributed by atoms with Gasteiger partial charge in [-0.3, -0.25) is 14.4 Å². The molecule has 0 saturated carbocycles. The summed E-state index contributed by atoms with van der Waals surface area (Å²) in [6, 6.07) is 0. The lowest BCUT2D eigenvalue weighted by molar-refractivity contribution is -0.167. The smallest absolute Gasteiger partial charge is 0.306 e. The summed E-state index contributed by atoms with van der Waals surface area (Å²) in [5.41, 5.74) is 0. The van der Waals surface area contributed by atoms with Crippen LogP contribution in [0, 0.1) is 0 Å². The molecule has 0 aromatic heterocycles. The molecular weight excluding hydrogens is 733 g/mol. The molecule has 0 aliphatic carbocycles. The monoisotopic (exact) mass is 827 g/mol. The lowest BCUT2D eigenvalue weighted by atomic mass is 10.0. The maximum Gasteiger partial charge on any atom is 0.306 e. The van der Waals surface area contributed by atoms with Gasteiger partial charge >= 0.3 is 17.9 Å². The third kappa shape index (κ3) is 46.3. The highest BCUT2D eigenvalue weighted by Gasteiger charge is 2.19. The Balaban J connectivity index is 4.39. The first-order valence-corrected chi connectivity index (χ1v) is 25.2. The largest absolute Gasteiger partial charge is 0.462 e. The van der Waals surface area contributed by atoms with E-state index in [1.807, 2.05) is 0 Å². The quantitative estimate of drug-likeness (QED) is 0.0200. The van der Waals surface area contributed by atoms with Crippen LogP contribution in [0.3, 0.4) is 0 Å². The zero-order valence-electron chi connectivity index (χ0n) is 39.0. The van der Waals surface area contributed by atoms with E-state index in [1.165, 1.54) is 128 Å². The minimum absolute atomic E-state index is 0.0809. The van der Waals surface area contributed by atoms with Crippen LogP contribution in [0.5, 0.6) is 0 Å². The summed E-state index contributed by atoms with van der Waals surface area (Å²) >= 11 is 0. The van der Waals surface area contributed by atoms with Gasteiger partial charge in [-0.05, 0) is 64.2 Å². The topological polar surface area (TPSA) is 78.9 Å². The Morgan fingerprint density at radius 1 is 0.356 bits per heavy atom. The molecule has 342 valence electrons. The molecule has 59 heavy (non-hydrogen) atoms. The van der Waals surface area contributed by atoms with Crippen LogP contribution in [0.15, 0.2) is 48.6 Å². The molecule has 6 heteroatoms. The van der Waals surface area contributed by atoms with E-state index in [2.05, 4.69) is 69.4 Å². The maximum atomic E-state index is 12.8. The zero-order valence-corrected chi connectivity index (χ0v) is 39.0. The van der Waals surface area contributed by atoms with E-state index in [1.54, 1.807) is 0 Å². The fourth-order valence-electron chi connectivity index (χ4n) is 7.08. The number of carbonyl (C=O) groups is 3. The Bertz CT molecular complexity index is 1040. The molecule has 0 aromatic carbocycles. The molecule has 1 atom stereocenters. The summed E-state index contributed by atoms with van der Waals surface area (Å²) in [6.45, 7) is 6.49. The lowest BCUT2D eigenvalue weighted by Crippen LogP contribution is -2.30. The van der Waals surface area contributed by atoms with Gasteiger partial charge in [-0.15, -0.1) is 0 Å². The van der Waals surface area contributed by atoms with Crippen molar-refractivity contribution in [2.75, 3.05) is 13.2 Å². The van der Waals surface area contributed by atoms with E-state index in [0.29, 0.717) is 19.3 Å². The van der Waals surface area contributed by atoms with Crippen LogP contribution in [0.4, 0.5) is 0 Å². The SMILES string of the molecule is CC\C=C/C=C\C=C/CCCCCCCCCC(=O)OCC(COC(=O)CCCCCCCCCCCCCCC)OC(=O)CCCCC/C=C\CCCCCCCC. The fourth-order valence-corrected chi connectivity index (χ4v) is 7.08. The van der Waals surface area contributed by atoms with Gasteiger partial charge in [0.05, 0.1) is 0 Å². The second-order valence-corrected chi connectivity index (χ2v) is 16.8. The number of hydrogen-bond acceptors (Lipinski definition) is 6. The van der Waals surface area contributed by atoms with Crippen molar-refractivity contribution in [2.45, 2.75) is 258 Å². The molecule has 0 bridgehead atoms. The van der Waals surface area contributed by atoms with Gasteiger partial charge in [0.1, 0.15) is 13.2 Å². The standard InChI is InChI=1S/C53H94O6/c1-4-7-10-13-16-19-22-25-26-29-31-34-37-40-43-46-52(55)58-49-50(59-53(56)47-44-41-38-35-32-28-24-21-18-15-12-9-6-3)48-57-51(54)45-42-39-36-33-30-27-23-20-17-14-11-8-5-2/h7,10,13,16,19,22,28,32,50H,4-6,8-9,11-12,14-15,17-18,20-21,23-27,29-31,33-49H2,1-3H3/b10-7-,16-13-,22-19-,32-28-. The minimum atomic E-state index is -0.782. The van der Waals surface area contributed by atoms with Crippen LogP contribution in [0.2, 0.25) is 0 Å². The number of unbranched alkanes of at least 4 members (excludes halogenated alkanes) is 28. The van der Waals surface area contributed by atoms with Crippen LogP contribution < -0.4 is 0 Å². The second kappa shape index (κ2) is 48.0. The van der Waals surface area contributed by atoms with Crippen molar-refractivity contribution in [3.8, 4) is 0 Å². The highest BCUT2D eigenvalue weighted by atomic mass is 16.6. The molecule has 0 N–H and O–H groups in total. The summed E-state index contributed by atoms with van der Waals surface area (Å²) in [6.07, 6.45) is 56.6. The van der Waals surface area contributed by atoms with Crippen molar-refractivity contribution in [2.24, 2.45) is 0 Å². The van der Waals surface area contributed by atoms with Crippen molar-refractivity contribution in [3.05, 3.63) is 48.6 Å². The van der Waals surface area contributed by atoms with E-state index in [9.17, 15) is 14.4 Å². The second-order valence-electron chi connectivity index (χ2n) is 16.8. The Hall–Kier alpha value is -2.63. The Labute approximate surface area is 365 Å². The number of esters is 3. The average molecular weight is 827 g/mol. The number of ether oxygens (including phenoxy) is 3. The van der Waals surface area contributed by atoms with Gasteiger partial charge in [-0.2, -0.15) is 0 Å². The normalized spacial score (nSPS) is 12.4. The maximum absolute atomic E-state index is 12.8. The van der Waals surface area contributed by atoms with Gasteiger partial charge in [0.25, 0.3) is 0 Å².